The summed E-state index contributed by atoms with van der Waals surface area (Å²) in [5, 5.41) is 15.1. The zero-order chi connectivity index (χ0) is 14.1. The Hall–Kier alpha value is -2.28. The van der Waals surface area contributed by atoms with Gasteiger partial charge in [0.05, 0.1) is 19.6 Å². The van der Waals surface area contributed by atoms with E-state index in [-0.39, 0.29) is 11.9 Å². The Kier molecular flexibility index (Phi) is 3.19. The number of benzene rings is 1. The fourth-order valence-electron chi connectivity index (χ4n) is 2.32. The van der Waals surface area contributed by atoms with Crippen LogP contribution >= 0.6 is 0 Å². The minimum Gasteiger partial charge on any atom is -0.303 e. The monoisotopic (exact) mass is 272 g/mol. The number of fused-ring (bicyclic) bond motifs is 1. The van der Waals surface area contributed by atoms with Crippen molar-refractivity contribution in [1.82, 2.24) is 25.5 Å². The summed E-state index contributed by atoms with van der Waals surface area (Å²) in [7, 11) is 1.71. The highest BCUT2D eigenvalue weighted by atomic mass is 16.2. The molecule has 1 N–H and O–H groups in total. The zero-order valence-corrected chi connectivity index (χ0v) is 11.4. The van der Waals surface area contributed by atoms with Crippen molar-refractivity contribution in [3.63, 3.8) is 0 Å². The Morgan fingerprint density at radius 1 is 1.40 bits per heavy atom. The summed E-state index contributed by atoms with van der Waals surface area (Å²) in [5.41, 5.74) is 2.00. The van der Waals surface area contributed by atoms with Crippen LogP contribution in [0, 0.1) is 0 Å². The first-order valence-electron chi connectivity index (χ1n) is 6.50. The normalized spacial score (nSPS) is 18.8. The zero-order valence-electron chi connectivity index (χ0n) is 11.4. The first-order valence-corrected chi connectivity index (χ1v) is 6.50. The minimum absolute atomic E-state index is 0.0161. The molecule has 0 saturated heterocycles. The van der Waals surface area contributed by atoms with E-state index in [2.05, 4.69) is 20.7 Å². The number of hydrogen-bond acceptors (Lipinski definition) is 5. The van der Waals surface area contributed by atoms with Crippen molar-refractivity contribution in [3.05, 3.63) is 35.7 Å². The Labute approximate surface area is 116 Å². The largest absolute Gasteiger partial charge is 0.303 e. The molecular formula is C13H16N6O. The molecule has 1 atom stereocenters. The average molecular weight is 272 g/mol. The van der Waals surface area contributed by atoms with E-state index in [4.69, 9.17) is 0 Å². The van der Waals surface area contributed by atoms with Crippen molar-refractivity contribution in [2.75, 3.05) is 4.90 Å². The molecule has 0 saturated carbocycles. The van der Waals surface area contributed by atoms with Crippen LogP contribution in [0.25, 0.3) is 0 Å². The van der Waals surface area contributed by atoms with Gasteiger partial charge < -0.3 is 10.2 Å². The third-order valence-corrected chi connectivity index (χ3v) is 3.37. The van der Waals surface area contributed by atoms with E-state index >= 15 is 0 Å². The molecule has 1 aliphatic heterocycles. The number of aryl methyl sites for hydroxylation is 1. The van der Waals surface area contributed by atoms with Crippen molar-refractivity contribution < 1.29 is 4.79 Å². The molecular weight excluding hydrogens is 256 g/mol. The number of amides is 1. The highest BCUT2D eigenvalue weighted by Gasteiger charge is 2.28. The highest BCUT2D eigenvalue weighted by Crippen LogP contribution is 2.25. The molecule has 2 heterocycles. The van der Waals surface area contributed by atoms with Crippen LogP contribution in [0.4, 0.5) is 5.69 Å². The van der Waals surface area contributed by atoms with Crippen molar-refractivity contribution >= 4 is 11.6 Å². The summed E-state index contributed by atoms with van der Waals surface area (Å²) in [6.07, 6.45) is 0. The van der Waals surface area contributed by atoms with Gasteiger partial charge in [-0.15, -0.1) is 10.2 Å². The Balaban J connectivity index is 1.98. The Morgan fingerprint density at radius 2 is 2.20 bits per heavy atom. The number of anilines is 1. The average Bonchev–Trinajstić information content (AvgIpc) is 2.82. The number of carbonyl (C=O) groups is 1. The van der Waals surface area contributed by atoms with E-state index in [9.17, 15) is 4.79 Å². The van der Waals surface area contributed by atoms with Crippen LogP contribution in [0.3, 0.4) is 0 Å². The molecule has 3 rings (SSSR count). The Bertz CT molecular complexity index is 637. The number of carbonyl (C=O) groups excluding carboxylic acids is 1. The lowest BCUT2D eigenvalue weighted by atomic mass is 10.1. The predicted molar refractivity (Wildman–Crippen MR) is 72.7 cm³/mol. The first kappa shape index (κ1) is 12.7. The summed E-state index contributed by atoms with van der Waals surface area (Å²) in [6, 6.07) is 7.63. The van der Waals surface area contributed by atoms with Crippen LogP contribution in [0.5, 0.6) is 0 Å². The summed E-state index contributed by atoms with van der Waals surface area (Å²) < 4.78 is 0. The number of para-hydroxylation sites is 1. The lowest BCUT2D eigenvalue weighted by Crippen LogP contribution is -2.42. The van der Waals surface area contributed by atoms with Crippen LogP contribution in [0.2, 0.25) is 0 Å². The maximum absolute atomic E-state index is 12.5. The highest BCUT2D eigenvalue weighted by molar-refractivity contribution is 5.98. The first-order chi connectivity index (χ1) is 9.65. The van der Waals surface area contributed by atoms with Gasteiger partial charge in [-0.2, -0.15) is 4.80 Å². The second-order valence-corrected chi connectivity index (χ2v) is 4.85. The quantitative estimate of drug-likeness (QED) is 0.847. The maximum Gasteiger partial charge on any atom is 0.244 e. The summed E-state index contributed by atoms with van der Waals surface area (Å²) in [5.74, 6) is 0.548. The number of nitrogens with zero attached hydrogens (tertiary/aromatic N) is 5. The number of nitrogens with one attached hydrogen (secondary N) is 1. The fourth-order valence-corrected chi connectivity index (χ4v) is 2.32. The minimum atomic E-state index is -0.237. The van der Waals surface area contributed by atoms with Gasteiger partial charge in [-0.3, -0.25) is 4.79 Å². The number of tetrazole rings is 1. The number of aromatic nitrogens is 4. The molecule has 0 bridgehead atoms. The third kappa shape index (κ3) is 2.27. The van der Waals surface area contributed by atoms with Crippen LogP contribution in [0.1, 0.15) is 18.3 Å². The molecule has 0 aliphatic carbocycles. The van der Waals surface area contributed by atoms with Crippen molar-refractivity contribution in [1.29, 1.82) is 0 Å². The molecule has 1 amide bonds. The van der Waals surface area contributed by atoms with Crippen molar-refractivity contribution in [2.24, 2.45) is 7.05 Å². The van der Waals surface area contributed by atoms with Gasteiger partial charge in [0.15, 0.2) is 5.82 Å². The van der Waals surface area contributed by atoms with Gasteiger partial charge in [-0.25, -0.2) is 0 Å². The molecule has 1 aromatic carbocycles. The van der Waals surface area contributed by atoms with Gasteiger partial charge in [0.1, 0.15) is 0 Å². The smallest absolute Gasteiger partial charge is 0.244 e. The fraction of sp³-hybridized carbons (Fsp3) is 0.385. The topological polar surface area (TPSA) is 75.9 Å². The molecule has 0 radical (unpaired) electrons. The third-order valence-electron chi connectivity index (χ3n) is 3.37. The van der Waals surface area contributed by atoms with Crippen LogP contribution in [-0.2, 0) is 24.9 Å². The second-order valence-electron chi connectivity index (χ2n) is 4.85. The molecule has 1 unspecified atom stereocenters. The van der Waals surface area contributed by atoms with Gasteiger partial charge in [0, 0.05) is 12.2 Å². The van der Waals surface area contributed by atoms with E-state index < -0.39 is 0 Å². The molecule has 2 aromatic rings. The van der Waals surface area contributed by atoms with Gasteiger partial charge in [-0.1, -0.05) is 18.2 Å². The lowest BCUT2D eigenvalue weighted by Gasteiger charge is -2.22. The maximum atomic E-state index is 12.5. The van der Waals surface area contributed by atoms with E-state index in [1.54, 1.807) is 11.9 Å². The molecule has 1 aromatic heterocycles. The summed E-state index contributed by atoms with van der Waals surface area (Å²) in [6.45, 7) is 2.87. The lowest BCUT2D eigenvalue weighted by molar-refractivity contribution is -0.120. The molecule has 7 heteroatoms. The van der Waals surface area contributed by atoms with Gasteiger partial charge in [-0.05, 0) is 23.8 Å². The SMILES string of the molecule is CC1NCc2ccccc2N(Cc2nnn(C)n2)C1=O. The van der Waals surface area contributed by atoms with Crippen LogP contribution < -0.4 is 10.2 Å². The second kappa shape index (κ2) is 5.01. The van der Waals surface area contributed by atoms with E-state index in [1.807, 2.05) is 31.2 Å². The predicted octanol–water partition coefficient (Wildman–Crippen LogP) is 0.235. The number of hydrogen-bond donors (Lipinski definition) is 1. The molecule has 104 valence electrons. The van der Waals surface area contributed by atoms with E-state index in [0.29, 0.717) is 18.9 Å². The molecule has 20 heavy (non-hydrogen) atoms. The van der Waals surface area contributed by atoms with Crippen LogP contribution in [0.15, 0.2) is 24.3 Å². The Morgan fingerprint density at radius 3 is 2.95 bits per heavy atom. The summed E-state index contributed by atoms with van der Waals surface area (Å²) >= 11 is 0. The van der Waals surface area contributed by atoms with Crippen molar-refractivity contribution in [3.8, 4) is 0 Å². The van der Waals surface area contributed by atoms with E-state index in [0.717, 1.165) is 11.3 Å². The van der Waals surface area contributed by atoms with E-state index in [1.165, 1.54) is 4.80 Å². The van der Waals surface area contributed by atoms with Gasteiger partial charge in [0.2, 0.25) is 5.91 Å². The molecule has 1 aliphatic rings. The van der Waals surface area contributed by atoms with Gasteiger partial charge in [0.25, 0.3) is 0 Å². The molecule has 7 nitrogen and oxygen atoms in total. The molecule has 0 fully saturated rings. The van der Waals surface area contributed by atoms with Crippen LogP contribution in [-0.4, -0.2) is 32.2 Å². The van der Waals surface area contributed by atoms with Gasteiger partial charge >= 0.3 is 0 Å². The standard InChI is InChI=1S/C13H16N6O/c1-9-13(20)19(8-12-15-17-18(2)16-12)11-6-4-3-5-10(11)7-14-9/h3-6,9,14H,7-8H2,1-2H3. The number of rotatable bonds is 2. The van der Waals surface area contributed by atoms with Crippen molar-refractivity contribution in [2.45, 2.75) is 26.1 Å². The summed E-state index contributed by atoms with van der Waals surface area (Å²) in [4.78, 5) is 15.6. The molecule has 0 spiro atoms.